The Morgan fingerprint density at radius 1 is 0.951 bits per heavy atom. The molecule has 8 heteroatoms. The van der Waals surface area contributed by atoms with Gasteiger partial charge in [0.1, 0.15) is 11.5 Å². The quantitative estimate of drug-likeness (QED) is 0.250. The summed E-state index contributed by atoms with van der Waals surface area (Å²) in [4.78, 5) is 27.5. The van der Waals surface area contributed by atoms with Gasteiger partial charge in [-0.05, 0) is 53.2 Å². The molecule has 0 saturated carbocycles. The maximum Gasteiger partial charge on any atom is 0.251 e. The zero-order chi connectivity index (χ0) is 28.4. The number of ether oxygens (including phenoxy) is 3. The van der Waals surface area contributed by atoms with Crippen molar-refractivity contribution in [3.05, 3.63) is 102 Å². The van der Waals surface area contributed by atoms with E-state index in [1.807, 2.05) is 91.0 Å². The highest BCUT2D eigenvalue weighted by Crippen LogP contribution is 2.23. The summed E-state index contributed by atoms with van der Waals surface area (Å²) in [5, 5.41) is 8.27. The van der Waals surface area contributed by atoms with Gasteiger partial charge in [0.25, 0.3) is 5.91 Å². The van der Waals surface area contributed by atoms with Crippen molar-refractivity contribution in [2.24, 2.45) is 0 Å². The molecule has 0 radical (unpaired) electrons. The van der Waals surface area contributed by atoms with Crippen molar-refractivity contribution in [1.29, 1.82) is 0 Å². The topological polar surface area (TPSA) is 89.1 Å². The molecule has 0 bridgehead atoms. The second-order valence-corrected chi connectivity index (χ2v) is 9.88. The van der Waals surface area contributed by atoms with Gasteiger partial charge in [-0.15, -0.1) is 0 Å². The lowest BCUT2D eigenvalue weighted by molar-refractivity contribution is -0.119. The molecule has 4 aromatic carbocycles. The summed E-state index contributed by atoms with van der Waals surface area (Å²) in [5.74, 6) is 1.34. The second-order valence-electron chi connectivity index (χ2n) is 9.88. The largest absolute Gasteiger partial charge is 0.496 e. The molecule has 1 fully saturated rings. The lowest BCUT2D eigenvalue weighted by Gasteiger charge is -2.36. The van der Waals surface area contributed by atoms with Gasteiger partial charge in [0, 0.05) is 36.3 Å². The first kappa shape index (κ1) is 28.1. The number of para-hydroxylation sites is 1. The third-order valence-corrected chi connectivity index (χ3v) is 7.07. The highest BCUT2D eigenvalue weighted by atomic mass is 16.5. The summed E-state index contributed by atoms with van der Waals surface area (Å²) in [6.07, 6.45) is 0.742. The van der Waals surface area contributed by atoms with Gasteiger partial charge in [0.15, 0.2) is 0 Å². The van der Waals surface area contributed by atoms with E-state index in [-0.39, 0.29) is 24.4 Å². The van der Waals surface area contributed by atoms with Gasteiger partial charge >= 0.3 is 0 Å². The van der Waals surface area contributed by atoms with E-state index >= 15 is 0 Å². The molecule has 0 unspecified atom stereocenters. The van der Waals surface area contributed by atoms with Gasteiger partial charge in [-0.2, -0.15) is 0 Å². The molecule has 8 nitrogen and oxygen atoms in total. The molecule has 0 spiro atoms. The van der Waals surface area contributed by atoms with E-state index in [0.29, 0.717) is 38.5 Å². The van der Waals surface area contributed by atoms with Gasteiger partial charge in [0.05, 0.1) is 39.5 Å². The second kappa shape index (κ2) is 13.8. The van der Waals surface area contributed by atoms with E-state index < -0.39 is 0 Å². The minimum atomic E-state index is -0.215. The molecular formula is C33H35N3O5. The number of hydrogen-bond acceptors (Lipinski definition) is 6. The first-order chi connectivity index (χ1) is 20.1. The molecule has 1 heterocycles. The predicted octanol–water partition coefficient (Wildman–Crippen LogP) is 4.57. The number of anilines is 1. The monoisotopic (exact) mass is 553 g/mol. The van der Waals surface area contributed by atoms with Crippen LogP contribution in [-0.4, -0.2) is 57.8 Å². The average molecular weight is 554 g/mol. The van der Waals surface area contributed by atoms with Crippen LogP contribution in [0.4, 0.5) is 5.69 Å². The van der Waals surface area contributed by atoms with Gasteiger partial charge in [-0.3, -0.25) is 9.59 Å². The normalized spacial score (nSPS) is 15.1. The standard InChI is InChI=1S/C33H35N3O5/c1-39-31-10-5-4-9-27(31)23-40-17-6-18-41-30-15-13-28(14-16-30)36-29(20-34-22-32(36)37)21-35-33(38)26-12-11-24-7-2-3-8-25(24)19-26/h2-5,7-16,19,29,34H,6,17-18,20-23H2,1H3,(H,35,38)/t29-/m1/s1. The number of nitrogens with zero attached hydrogens (tertiary/aromatic N) is 1. The minimum absolute atomic E-state index is 0.0398. The molecule has 2 amide bonds. The van der Waals surface area contributed by atoms with Gasteiger partial charge < -0.3 is 29.7 Å². The van der Waals surface area contributed by atoms with Gasteiger partial charge in [0.2, 0.25) is 5.91 Å². The molecule has 5 rings (SSSR count). The maximum absolute atomic E-state index is 12.9. The van der Waals surface area contributed by atoms with Crippen LogP contribution in [0.3, 0.4) is 0 Å². The van der Waals surface area contributed by atoms with Crippen LogP contribution < -0.4 is 25.0 Å². The Balaban J connectivity index is 1.11. The maximum atomic E-state index is 12.9. The number of methoxy groups -OCH3 is 1. The Morgan fingerprint density at radius 3 is 2.56 bits per heavy atom. The Labute approximate surface area is 240 Å². The number of amides is 2. The van der Waals surface area contributed by atoms with Crippen molar-refractivity contribution in [3.63, 3.8) is 0 Å². The molecule has 0 aliphatic carbocycles. The van der Waals surface area contributed by atoms with E-state index in [4.69, 9.17) is 14.2 Å². The zero-order valence-electron chi connectivity index (χ0n) is 23.2. The molecule has 1 aliphatic rings. The molecule has 0 aromatic heterocycles. The third-order valence-electron chi connectivity index (χ3n) is 7.07. The number of fused-ring (bicyclic) bond motifs is 1. The van der Waals surface area contributed by atoms with E-state index in [0.717, 1.165) is 39.9 Å². The summed E-state index contributed by atoms with van der Waals surface area (Å²) in [6.45, 7) is 2.73. The van der Waals surface area contributed by atoms with Crippen molar-refractivity contribution >= 4 is 28.3 Å². The number of piperazine rings is 1. The third kappa shape index (κ3) is 7.22. The Morgan fingerprint density at radius 2 is 1.73 bits per heavy atom. The summed E-state index contributed by atoms with van der Waals surface area (Å²) in [6, 6.07) is 28.7. The fraction of sp³-hybridized carbons (Fsp3) is 0.273. The molecule has 1 atom stereocenters. The van der Waals surface area contributed by atoms with E-state index in [9.17, 15) is 9.59 Å². The smallest absolute Gasteiger partial charge is 0.251 e. The SMILES string of the molecule is COc1ccccc1COCCCOc1ccc(N2C(=O)CNC[C@@H]2CNC(=O)c2ccc3ccccc3c2)cc1. The number of carbonyl (C=O) groups is 2. The highest BCUT2D eigenvalue weighted by molar-refractivity contribution is 5.99. The van der Waals surface area contributed by atoms with Crippen molar-refractivity contribution in [2.75, 3.05) is 44.9 Å². The number of carbonyl (C=O) groups excluding carboxylic acids is 2. The summed E-state index contributed by atoms with van der Waals surface area (Å²) < 4.78 is 17.0. The number of rotatable bonds is 12. The lowest BCUT2D eigenvalue weighted by atomic mass is 10.1. The van der Waals surface area contributed by atoms with Crippen LogP contribution in [0.5, 0.6) is 11.5 Å². The minimum Gasteiger partial charge on any atom is -0.496 e. The molecule has 4 aromatic rings. The van der Waals surface area contributed by atoms with Crippen LogP contribution in [0.2, 0.25) is 0 Å². The first-order valence-electron chi connectivity index (χ1n) is 13.8. The number of hydrogen-bond donors (Lipinski definition) is 2. The number of nitrogens with one attached hydrogen (secondary N) is 2. The van der Waals surface area contributed by atoms with E-state index in [1.54, 1.807) is 12.0 Å². The fourth-order valence-corrected chi connectivity index (χ4v) is 4.95. The molecule has 212 valence electrons. The van der Waals surface area contributed by atoms with Crippen LogP contribution in [0.15, 0.2) is 91.0 Å². The summed E-state index contributed by atoms with van der Waals surface area (Å²) in [7, 11) is 1.65. The zero-order valence-corrected chi connectivity index (χ0v) is 23.2. The highest BCUT2D eigenvalue weighted by Gasteiger charge is 2.29. The lowest BCUT2D eigenvalue weighted by Crippen LogP contribution is -2.58. The molecule has 41 heavy (non-hydrogen) atoms. The van der Waals surface area contributed by atoms with Crippen molar-refractivity contribution in [3.8, 4) is 11.5 Å². The van der Waals surface area contributed by atoms with E-state index in [2.05, 4.69) is 10.6 Å². The van der Waals surface area contributed by atoms with Crippen LogP contribution in [0.25, 0.3) is 10.8 Å². The Kier molecular flexibility index (Phi) is 9.46. The fourth-order valence-electron chi connectivity index (χ4n) is 4.95. The molecule has 2 N–H and O–H groups in total. The number of benzene rings is 4. The van der Waals surface area contributed by atoms with Gasteiger partial charge in [-0.25, -0.2) is 0 Å². The van der Waals surface area contributed by atoms with Gasteiger partial charge in [-0.1, -0.05) is 48.5 Å². The van der Waals surface area contributed by atoms with Crippen LogP contribution in [0.1, 0.15) is 22.3 Å². The summed E-state index contributed by atoms with van der Waals surface area (Å²) in [5.41, 5.74) is 2.38. The Hall–Kier alpha value is -4.40. The van der Waals surface area contributed by atoms with Crippen LogP contribution >= 0.6 is 0 Å². The van der Waals surface area contributed by atoms with Crippen LogP contribution in [-0.2, 0) is 16.1 Å². The first-order valence-corrected chi connectivity index (χ1v) is 13.8. The van der Waals surface area contributed by atoms with Crippen LogP contribution in [0, 0.1) is 0 Å². The van der Waals surface area contributed by atoms with E-state index in [1.165, 1.54) is 0 Å². The molecule has 1 saturated heterocycles. The predicted molar refractivity (Wildman–Crippen MR) is 160 cm³/mol. The Bertz CT molecular complexity index is 1470. The van der Waals surface area contributed by atoms with Crippen molar-refractivity contribution < 1.29 is 23.8 Å². The van der Waals surface area contributed by atoms with Crippen molar-refractivity contribution in [1.82, 2.24) is 10.6 Å². The molecule has 1 aliphatic heterocycles. The summed E-state index contributed by atoms with van der Waals surface area (Å²) >= 11 is 0. The molecular weight excluding hydrogens is 518 g/mol. The average Bonchev–Trinajstić information content (AvgIpc) is 3.02. The van der Waals surface area contributed by atoms with Crippen molar-refractivity contribution in [2.45, 2.75) is 19.1 Å².